The molecule has 11 nitrogen and oxygen atoms in total. The van der Waals surface area contributed by atoms with Gasteiger partial charge in [-0.3, -0.25) is 13.9 Å². The first-order valence-corrected chi connectivity index (χ1v) is 17.3. The summed E-state index contributed by atoms with van der Waals surface area (Å²) in [6.07, 6.45) is 0.609. The Balaban J connectivity index is 1.66. The van der Waals surface area contributed by atoms with E-state index in [0.29, 0.717) is 36.7 Å². The molecule has 0 fully saturated rings. The van der Waals surface area contributed by atoms with E-state index in [0.717, 1.165) is 23.3 Å². The van der Waals surface area contributed by atoms with Gasteiger partial charge in [-0.2, -0.15) is 16.8 Å². The van der Waals surface area contributed by atoms with Crippen molar-refractivity contribution in [3.8, 4) is 0 Å². The highest BCUT2D eigenvalue weighted by atomic mass is 32.2. The molecule has 0 heterocycles. The van der Waals surface area contributed by atoms with Crippen molar-refractivity contribution < 1.29 is 40.6 Å². The molecule has 0 bridgehead atoms. The fourth-order valence-corrected chi connectivity index (χ4v) is 6.71. The molecule has 0 amide bonds. The Bertz CT molecular complexity index is 2190. The minimum atomic E-state index is -5.10. The van der Waals surface area contributed by atoms with Crippen molar-refractivity contribution in [3.05, 3.63) is 154 Å². The van der Waals surface area contributed by atoms with Crippen molar-refractivity contribution >= 4 is 43.9 Å². The molecule has 48 heavy (non-hydrogen) atoms. The summed E-state index contributed by atoms with van der Waals surface area (Å²) in [5.41, 5.74) is 3.11. The van der Waals surface area contributed by atoms with Crippen LogP contribution in [0.5, 0.6) is 0 Å². The predicted molar refractivity (Wildman–Crippen MR) is 180 cm³/mol. The minimum Gasteiger partial charge on any atom is -0.478 e. The van der Waals surface area contributed by atoms with Crippen LogP contribution in [0.3, 0.4) is 0 Å². The number of carbonyl (C=O) groups is 2. The number of anilines is 2. The number of hydrogen-bond acceptors (Lipinski definition) is 8. The lowest BCUT2D eigenvalue weighted by atomic mass is 9.83. The van der Waals surface area contributed by atoms with Crippen LogP contribution in [0.15, 0.2) is 125 Å². The molecule has 1 atom stereocenters. The molecule has 1 unspecified atom stereocenters. The lowest BCUT2D eigenvalue weighted by Gasteiger charge is -2.23. The fourth-order valence-electron chi connectivity index (χ4n) is 5.37. The molecule has 0 aromatic heterocycles. The summed E-state index contributed by atoms with van der Waals surface area (Å²) in [5, 5.41) is 16.5. The summed E-state index contributed by atoms with van der Waals surface area (Å²) in [6, 6.07) is 30.6. The summed E-state index contributed by atoms with van der Waals surface area (Å²) in [6.45, 7) is 0.710. The Labute approximate surface area is 277 Å². The van der Waals surface area contributed by atoms with Crippen LogP contribution >= 0.6 is 0 Å². The number of aldehydes is 1. The third-order valence-corrected chi connectivity index (χ3v) is 9.43. The molecule has 246 valence electrons. The van der Waals surface area contributed by atoms with E-state index in [1.807, 2.05) is 60.7 Å². The minimum absolute atomic E-state index is 0.131. The lowest BCUT2D eigenvalue weighted by Crippen LogP contribution is -2.14. The molecule has 13 heteroatoms. The topological polar surface area (TPSA) is 187 Å². The van der Waals surface area contributed by atoms with Crippen molar-refractivity contribution in [3.63, 3.8) is 0 Å². The predicted octanol–water partition coefficient (Wildman–Crippen LogP) is 6.10. The SMILES string of the molecule is O=Cc1cc(C(c2ccc(NCc3ccccc3)c(C(=O)O)c2)c2ccc(S(=O)(=O)O)cc2S(=O)(=O)O)ccc1NCc1ccccc1. The Morgan fingerprint density at radius 2 is 1.21 bits per heavy atom. The van der Waals surface area contributed by atoms with Gasteiger partial charge in [-0.1, -0.05) is 78.9 Å². The highest BCUT2D eigenvalue weighted by molar-refractivity contribution is 7.86. The second-order valence-electron chi connectivity index (χ2n) is 10.8. The van der Waals surface area contributed by atoms with Crippen LogP contribution in [0.4, 0.5) is 11.4 Å². The molecular weight excluding hydrogens is 657 g/mol. The van der Waals surface area contributed by atoms with Gasteiger partial charge in [0.1, 0.15) is 0 Å². The number of carbonyl (C=O) groups excluding carboxylic acids is 1. The first-order chi connectivity index (χ1) is 22.8. The van der Waals surface area contributed by atoms with E-state index in [9.17, 15) is 40.6 Å². The van der Waals surface area contributed by atoms with E-state index in [2.05, 4.69) is 10.6 Å². The van der Waals surface area contributed by atoms with Crippen LogP contribution in [0.1, 0.15) is 54.5 Å². The average Bonchev–Trinajstić information content (AvgIpc) is 3.07. The Morgan fingerprint density at radius 1 is 0.667 bits per heavy atom. The van der Waals surface area contributed by atoms with Crippen molar-refractivity contribution in [2.75, 3.05) is 10.6 Å². The standard InChI is InChI=1S/C35H30N2O9S2/c38-22-27-17-25(11-15-31(27)36-20-23-7-3-1-4-8-23)34(29-14-13-28(47(41,42)43)19-33(29)48(44,45)46)26-12-16-32(30(18-26)35(39)40)37-21-24-9-5-2-6-10-24/h1-19,22,34,36-37H,20-21H2,(H,39,40)(H,41,42,43)(H,44,45,46). The molecule has 5 N–H and O–H groups in total. The molecular formula is C35H30N2O9S2. The average molecular weight is 687 g/mol. The quantitative estimate of drug-likeness (QED) is 0.0548. The summed E-state index contributed by atoms with van der Waals surface area (Å²) in [4.78, 5) is 23.2. The monoisotopic (exact) mass is 686 g/mol. The molecule has 5 aromatic carbocycles. The number of rotatable bonds is 13. The van der Waals surface area contributed by atoms with Crippen molar-refractivity contribution in [2.45, 2.75) is 28.8 Å². The first kappa shape index (κ1) is 34.0. The van der Waals surface area contributed by atoms with Gasteiger partial charge >= 0.3 is 5.97 Å². The maximum atomic E-state index is 12.7. The summed E-state index contributed by atoms with van der Waals surface area (Å²) < 4.78 is 68.9. The van der Waals surface area contributed by atoms with Crippen LogP contribution in [-0.4, -0.2) is 43.3 Å². The van der Waals surface area contributed by atoms with E-state index >= 15 is 0 Å². The summed E-state index contributed by atoms with van der Waals surface area (Å²) in [5.74, 6) is -2.42. The summed E-state index contributed by atoms with van der Waals surface area (Å²) in [7, 11) is -9.97. The van der Waals surface area contributed by atoms with Crippen LogP contribution < -0.4 is 10.6 Å². The molecule has 0 aliphatic rings. The first-order valence-electron chi connectivity index (χ1n) is 14.5. The summed E-state index contributed by atoms with van der Waals surface area (Å²) >= 11 is 0. The zero-order valence-electron chi connectivity index (χ0n) is 25.1. The second kappa shape index (κ2) is 14.2. The van der Waals surface area contributed by atoms with Gasteiger partial charge < -0.3 is 15.7 Å². The van der Waals surface area contributed by atoms with Gasteiger partial charge in [0.05, 0.1) is 15.4 Å². The van der Waals surface area contributed by atoms with E-state index < -0.39 is 41.9 Å². The van der Waals surface area contributed by atoms with Gasteiger partial charge in [0, 0.05) is 35.9 Å². The normalized spacial score (nSPS) is 12.2. The van der Waals surface area contributed by atoms with Gasteiger partial charge in [0.25, 0.3) is 20.2 Å². The van der Waals surface area contributed by atoms with Gasteiger partial charge in [0.2, 0.25) is 0 Å². The Kier molecular flexibility index (Phi) is 10.1. The molecule has 5 rings (SSSR count). The van der Waals surface area contributed by atoms with E-state index in [4.69, 9.17) is 0 Å². The number of aromatic carboxylic acids is 1. The Hall–Kier alpha value is -5.34. The zero-order valence-corrected chi connectivity index (χ0v) is 26.8. The van der Waals surface area contributed by atoms with Crippen LogP contribution in [-0.2, 0) is 33.3 Å². The molecule has 0 aliphatic heterocycles. The van der Waals surface area contributed by atoms with Crippen LogP contribution in [0.25, 0.3) is 0 Å². The van der Waals surface area contributed by atoms with Crippen LogP contribution in [0.2, 0.25) is 0 Å². The second-order valence-corrected chi connectivity index (χ2v) is 13.6. The number of nitrogens with one attached hydrogen (secondary N) is 2. The highest BCUT2D eigenvalue weighted by Gasteiger charge is 2.29. The number of carboxylic acid groups (broad SMARTS) is 1. The smallest absolute Gasteiger partial charge is 0.337 e. The molecule has 0 aliphatic carbocycles. The largest absolute Gasteiger partial charge is 0.478 e. The third kappa shape index (κ3) is 7.96. The van der Waals surface area contributed by atoms with E-state index in [1.165, 1.54) is 18.2 Å². The van der Waals surface area contributed by atoms with Crippen LogP contribution in [0, 0.1) is 0 Å². The molecule has 0 saturated carbocycles. The van der Waals surface area contributed by atoms with E-state index in [1.54, 1.807) is 18.2 Å². The number of hydrogen-bond donors (Lipinski definition) is 5. The molecule has 0 spiro atoms. The highest BCUT2D eigenvalue weighted by Crippen LogP contribution is 2.39. The van der Waals surface area contributed by atoms with E-state index in [-0.39, 0.29) is 27.9 Å². The molecule has 0 radical (unpaired) electrons. The fraction of sp³-hybridized carbons (Fsp3) is 0.0857. The van der Waals surface area contributed by atoms with Gasteiger partial charge in [0.15, 0.2) is 6.29 Å². The van der Waals surface area contributed by atoms with Crippen molar-refractivity contribution in [1.82, 2.24) is 0 Å². The Morgan fingerprint density at radius 3 is 1.73 bits per heavy atom. The maximum Gasteiger partial charge on any atom is 0.337 e. The third-order valence-electron chi connectivity index (χ3n) is 7.67. The van der Waals surface area contributed by atoms with Crippen molar-refractivity contribution in [2.24, 2.45) is 0 Å². The number of carboxylic acids is 1. The van der Waals surface area contributed by atoms with Gasteiger partial charge in [-0.15, -0.1) is 0 Å². The van der Waals surface area contributed by atoms with Gasteiger partial charge in [-0.25, -0.2) is 4.79 Å². The molecule has 0 saturated heterocycles. The van der Waals surface area contributed by atoms with Crippen molar-refractivity contribution in [1.29, 1.82) is 0 Å². The molecule has 5 aromatic rings. The number of benzene rings is 5. The lowest BCUT2D eigenvalue weighted by molar-refractivity contribution is 0.0697. The van der Waals surface area contributed by atoms with Gasteiger partial charge in [-0.05, 0) is 64.2 Å². The zero-order chi connectivity index (χ0) is 34.5. The maximum absolute atomic E-state index is 12.7.